The highest BCUT2D eigenvalue weighted by atomic mass is 16.6. The summed E-state index contributed by atoms with van der Waals surface area (Å²) in [6.07, 6.45) is 87.5. The van der Waals surface area contributed by atoms with Crippen LogP contribution in [0.25, 0.3) is 0 Å². The highest BCUT2D eigenvalue weighted by Crippen LogP contribution is 2.18. The monoisotopic (exact) mass is 1090 g/mol. The molecule has 0 aliphatic carbocycles. The minimum absolute atomic E-state index is 0.0867. The van der Waals surface area contributed by atoms with Gasteiger partial charge in [0, 0.05) is 19.3 Å². The van der Waals surface area contributed by atoms with Crippen molar-refractivity contribution in [2.75, 3.05) is 13.2 Å². The third kappa shape index (κ3) is 63.4. The quantitative estimate of drug-likeness (QED) is 0.0261. The van der Waals surface area contributed by atoms with Gasteiger partial charge in [0.2, 0.25) is 0 Å². The highest BCUT2D eigenvalue weighted by Gasteiger charge is 2.19. The summed E-state index contributed by atoms with van der Waals surface area (Å²) in [5.41, 5.74) is 0. The van der Waals surface area contributed by atoms with Crippen LogP contribution >= 0.6 is 0 Å². The number of carbonyl (C=O) groups excluding carboxylic acids is 3. The largest absolute Gasteiger partial charge is 0.462 e. The number of esters is 3. The summed E-state index contributed by atoms with van der Waals surface area (Å²) < 4.78 is 16.9. The van der Waals surface area contributed by atoms with Crippen molar-refractivity contribution >= 4 is 17.9 Å². The van der Waals surface area contributed by atoms with Gasteiger partial charge in [-0.15, -0.1) is 0 Å². The topological polar surface area (TPSA) is 78.9 Å². The fourth-order valence-corrected chi connectivity index (χ4v) is 9.63. The predicted octanol–water partition coefficient (Wildman–Crippen LogP) is 23.1. The van der Waals surface area contributed by atoms with Crippen LogP contribution in [-0.4, -0.2) is 37.2 Å². The second kappa shape index (κ2) is 66.1. The average Bonchev–Trinajstić information content (AvgIpc) is 3.44. The Kier molecular flexibility index (Phi) is 63.2. The molecule has 450 valence electrons. The van der Waals surface area contributed by atoms with E-state index in [0.717, 1.165) is 141 Å². The van der Waals surface area contributed by atoms with Gasteiger partial charge in [-0.3, -0.25) is 14.4 Å². The highest BCUT2D eigenvalue weighted by molar-refractivity contribution is 5.71. The van der Waals surface area contributed by atoms with Crippen LogP contribution in [0.4, 0.5) is 0 Å². The molecule has 0 spiro atoms. The first-order chi connectivity index (χ1) is 38.5. The normalized spacial score (nSPS) is 12.6. The molecule has 0 amide bonds. The van der Waals surface area contributed by atoms with Gasteiger partial charge in [0.05, 0.1) is 0 Å². The first-order valence-corrected chi connectivity index (χ1v) is 33.6. The van der Waals surface area contributed by atoms with Gasteiger partial charge in [0.1, 0.15) is 13.2 Å². The molecule has 0 aromatic carbocycles. The van der Waals surface area contributed by atoms with Crippen LogP contribution in [0.2, 0.25) is 0 Å². The van der Waals surface area contributed by atoms with Gasteiger partial charge >= 0.3 is 17.9 Å². The fraction of sp³-hybridized carbons (Fsp3) is 0.764. The summed E-state index contributed by atoms with van der Waals surface area (Å²) >= 11 is 0. The first-order valence-electron chi connectivity index (χ1n) is 33.6. The number of ether oxygens (including phenoxy) is 3. The van der Waals surface area contributed by atoms with Gasteiger partial charge in [-0.25, -0.2) is 0 Å². The molecule has 0 aliphatic heterocycles. The SMILES string of the molecule is CC/C=C\C/C=C\C/C=C\C/C=C\C/C=C\CCCCCCCC(=O)OC(COC(=O)CCCCCCC/C=C\C/C=C\CCC)COC(=O)CCCCCCCCCCCCCCCCCCCCCCCCCCCC. The van der Waals surface area contributed by atoms with Gasteiger partial charge < -0.3 is 14.2 Å². The van der Waals surface area contributed by atoms with Crippen molar-refractivity contribution in [3.05, 3.63) is 85.1 Å². The van der Waals surface area contributed by atoms with Gasteiger partial charge in [-0.05, 0) is 89.9 Å². The van der Waals surface area contributed by atoms with E-state index in [1.54, 1.807) is 0 Å². The number of carbonyl (C=O) groups is 3. The molecule has 0 fully saturated rings. The van der Waals surface area contributed by atoms with Crippen molar-refractivity contribution in [1.82, 2.24) is 0 Å². The van der Waals surface area contributed by atoms with Crippen molar-refractivity contribution in [3.8, 4) is 0 Å². The molecule has 0 aromatic heterocycles. The lowest BCUT2D eigenvalue weighted by molar-refractivity contribution is -0.167. The fourth-order valence-electron chi connectivity index (χ4n) is 9.63. The minimum Gasteiger partial charge on any atom is -0.462 e. The zero-order chi connectivity index (χ0) is 56.4. The van der Waals surface area contributed by atoms with E-state index < -0.39 is 6.10 Å². The Labute approximate surface area is 484 Å². The summed E-state index contributed by atoms with van der Waals surface area (Å²) in [6, 6.07) is 0. The molecule has 0 heterocycles. The maximum Gasteiger partial charge on any atom is 0.306 e. The van der Waals surface area contributed by atoms with Crippen LogP contribution in [0.1, 0.15) is 335 Å². The van der Waals surface area contributed by atoms with Gasteiger partial charge in [-0.1, -0.05) is 311 Å². The first kappa shape index (κ1) is 74.6. The molecule has 1 atom stereocenters. The second-order valence-corrected chi connectivity index (χ2v) is 22.4. The van der Waals surface area contributed by atoms with Gasteiger partial charge in [-0.2, -0.15) is 0 Å². The maximum absolute atomic E-state index is 12.9. The molecular weight excluding hydrogens is 961 g/mol. The number of allylic oxidation sites excluding steroid dienone is 14. The van der Waals surface area contributed by atoms with E-state index in [2.05, 4.69) is 106 Å². The summed E-state index contributed by atoms with van der Waals surface area (Å²) in [6.45, 7) is 6.48. The molecule has 0 saturated carbocycles. The predicted molar refractivity (Wildman–Crippen MR) is 339 cm³/mol. The van der Waals surface area contributed by atoms with Crippen LogP contribution in [0.3, 0.4) is 0 Å². The van der Waals surface area contributed by atoms with Crippen LogP contribution in [0.15, 0.2) is 85.1 Å². The third-order valence-corrected chi connectivity index (χ3v) is 14.6. The number of rotatable bonds is 61. The number of hydrogen-bond acceptors (Lipinski definition) is 6. The lowest BCUT2D eigenvalue weighted by Gasteiger charge is -2.18. The molecule has 0 N–H and O–H groups in total. The van der Waals surface area contributed by atoms with Gasteiger partial charge in [0.15, 0.2) is 6.10 Å². The molecule has 6 heteroatoms. The zero-order valence-corrected chi connectivity index (χ0v) is 51.7. The zero-order valence-electron chi connectivity index (χ0n) is 51.7. The summed E-state index contributed by atoms with van der Waals surface area (Å²) in [7, 11) is 0. The molecular formula is C72H126O6. The lowest BCUT2D eigenvalue weighted by atomic mass is 10.0. The third-order valence-electron chi connectivity index (χ3n) is 14.6. The van der Waals surface area contributed by atoms with E-state index in [0.29, 0.717) is 19.3 Å². The summed E-state index contributed by atoms with van der Waals surface area (Å²) in [5.74, 6) is -0.906. The van der Waals surface area contributed by atoms with Crippen molar-refractivity contribution in [3.63, 3.8) is 0 Å². The van der Waals surface area contributed by atoms with E-state index in [9.17, 15) is 14.4 Å². The van der Waals surface area contributed by atoms with E-state index in [-0.39, 0.29) is 31.1 Å². The van der Waals surface area contributed by atoms with E-state index in [4.69, 9.17) is 14.2 Å². The Morgan fingerprint density at radius 2 is 0.526 bits per heavy atom. The molecule has 0 saturated heterocycles. The second-order valence-electron chi connectivity index (χ2n) is 22.4. The van der Waals surface area contributed by atoms with Crippen molar-refractivity contribution in [1.29, 1.82) is 0 Å². The summed E-state index contributed by atoms with van der Waals surface area (Å²) in [5, 5.41) is 0. The molecule has 0 bridgehead atoms. The van der Waals surface area contributed by atoms with Crippen LogP contribution in [0.5, 0.6) is 0 Å². The Balaban J connectivity index is 4.30. The molecule has 0 aliphatic rings. The van der Waals surface area contributed by atoms with Crippen LogP contribution in [0, 0.1) is 0 Å². The lowest BCUT2D eigenvalue weighted by Crippen LogP contribution is -2.30. The van der Waals surface area contributed by atoms with Crippen molar-refractivity contribution in [2.45, 2.75) is 341 Å². The summed E-state index contributed by atoms with van der Waals surface area (Å²) in [4.78, 5) is 38.3. The molecule has 0 rings (SSSR count). The molecule has 0 aromatic rings. The Hall–Kier alpha value is -3.41. The van der Waals surface area contributed by atoms with Crippen molar-refractivity contribution < 1.29 is 28.6 Å². The van der Waals surface area contributed by atoms with Gasteiger partial charge in [0.25, 0.3) is 0 Å². The van der Waals surface area contributed by atoms with Crippen LogP contribution < -0.4 is 0 Å². The Morgan fingerprint density at radius 3 is 0.833 bits per heavy atom. The van der Waals surface area contributed by atoms with Crippen molar-refractivity contribution in [2.24, 2.45) is 0 Å². The maximum atomic E-state index is 12.9. The van der Waals surface area contributed by atoms with E-state index >= 15 is 0 Å². The Morgan fingerprint density at radius 1 is 0.269 bits per heavy atom. The Bertz CT molecular complexity index is 1480. The minimum atomic E-state index is -0.794. The molecule has 6 nitrogen and oxygen atoms in total. The average molecular weight is 1090 g/mol. The molecule has 1 unspecified atom stereocenters. The number of unbranched alkanes of at least 4 members (excludes halogenated alkanes) is 36. The number of hydrogen-bond donors (Lipinski definition) is 0. The smallest absolute Gasteiger partial charge is 0.306 e. The standard InChI is InChI=1S/C72H126O6/c1-4-7-10-13-16-19-22-25-27-29-31-33-34-35-36-37-39-40-42-44-47-50-53-56-59-62-65-71(74)77-68-69(67-76-70(73)64-61-58-55-52-49-46-24-21-18-15-12-9-6-3)78-72(75)66-63-60-57-54-51-48-45-43-41-38-32-30-28-26-23-20-17-14-11-8-5-2/h8,11-12,15,17,20-21,24,26,28,32,38,43,45,69H,4-7,9-10,13-14,16,18-19,22-23,25,27,29-31,33-37,39-42,44,46-68H2,1-3H3/b11-8-,15-12-,20-17-,24-21-,28-26-,38-32-,45-43-. The molecule has 0 radical (unpaired) electrons. The van der Waals surface area contributed by atoms with Crippen LogP contribution in [-0.2, 0) is 28.6 Å². The van der Waals surface area contributed by atoms with E-state index in [1.165, 1.54) is 154 Å². The van der Waals surface area contributed by atoms with E-state index in [1.807, 2.05) is 0 Å². The molecule has 78 heavy (non-hydrogen) atoms.